The van der Waals surface area contributed by atoms with Gasteiger partial charge in [-0.15, -0.1) is 11.3 Å². The van der Waals surface area contributed by atoms with Gasteiger partial charge in [-0.3, -0.25) is 0 Å². The number of thiophene rings is 1. The fraction of sp³-hybridized carbons (Fsp3) is 0. The van der Waals surface area contributed by atoms with E-state index in [-0.39, 0.29) is 0 Å². The molecule has 312 valence electrons. The molecule has 0 saturated carbocycles. The molecule has 6 heteroatoms. The van der Waals surface area contributed by atoms with Gasteiger partial charge in [-0.2, -0.15) is 0 Å². The molecule has 0 spiro atoms. The Morgan fingerprint density at radius 3 is 1.61 bits per heavy atom. The zero-order valence-electron chi connectivity index (χ0n) is 36.0. The molecule has 0 unspecified atom stereocenters. The van der Waals surface area contributed by atoms with E-state index in [1.807, 2.05) is 29.5 Å². The number of benzene rings is 10. The molecule has 0 saturated heterocycles. The first kappa shape index (κ1) is 37.6. The van der Waals surface area contributed by atoms with Crippen molar-refractivity contribution in [2.75, 3.05) is 0 Å². The Morgan fingerprint density at radius 2 is 0.866 bits per heavy atom. The summed E-state index contributed by atoms with van der Waals surface area (Å²) in [6.45, 7) is 0. The predicted octanol–water partition coefficient (Wildman–Crippen LogP) is 16.3. The Morgan fingerprint density at radius 1 is 0.299 bits per heavy atom. The maximum atomic E-state index is 5.43. The van der Waals surface area contributed by atoms with E-state index in [0.717, 1.165) is 55.3 Å². The van der Waals surface area contributed by atoms with Gasteiger partial charge < -0.3 is 9.13 Å². The van der Waals surface area contributed by atoms with Crippen LogP contribution >= 0.6 is 11.3 Å². The van der Waals surface area contributed by atoms with Crippen LogP contribution in [0.15, 0.2) is 224 Å². The normalized spacial score (nSPS) is 11.9. The summed E-state index contributed by atoms with van der Waals surface area (Å²) in [6, 6.07) is 80.2. The molecule has 0 bridgehead atoms. The van der Waals surface area contributed by atoms with E-state index < -0.39 is 0 Å². The van der Waals surface area contributed by atoms with Gasteiger partial charge in [0.25, 0.3) is 0 Å². The van der Waals surface area contributed by atoms with Crippen LogP contribution in [0.2, 0.25) is 0 Å². The molecule has 0 radical (unpaired) electrons. The van der Waals surface area contributed by atoms with Crippen LogP contribution in [0.3, 0.4) is 0 Å². The van der Waals surface area contributed by atoms with E-state index >= 15 is 0 Å². The van der Waals surface area contributed by atoms with Crippen molar-refractivity contribution in [3.05, 3.63) is 224 Å². The van der Waals surface area contributed by atoms with Crippen molar-refractivity contribution in [3.8, 4) is 56.7 Å². The third-order valence-corrected chi connectivity index (χ3v) is 14.5. The van der Waals surface area contributed by atoms with Crippen LogP contribution in [0, 0.1) is 0 Å². The third-order valence-electron chi connectivity index (χ3n) is 13.4. The number of fused-ring (bicyclic) bond motifs is 11. The molecular formula is C61H37N5S. The molecule has 5 nitrogen and oxygen atoms in total. The molecular weight excluding hydrogens is 835 g/mol. The van der Waals surface area contributed by atoms with Gasteiger partial charge in [-0.05, 0) is 71.1 Å². The van der Waals surface area contributed by atoms with Crippen LogP contribution in [0.5, 0.6) is 0 Å². The molecule has 0 aliphatic heterocycles. The van der Waals surface area contributed by atoms with Gasteiger partial charge in [0.1, 0.15) is 0 Å². The first-order valence-electron chi connectivity index (χ1n) is 22.6. The van der Waals surface area contributed by atoms with Crippen molar-refractivity contribution < 1.29 is 0 Å². The Labute approximate surface area is 389 Å². The molecule has 4 heterocycles. The minimum absolute atomic E-state index is 0.636. The summed E-state index contributed by atoms with van der Waals surface area (Å²) in [7, 11) is 0. The van der Waals surface area contributed by atoms with Gasteiger partial charge in [0.2, 0.25) is 0 Å². The van der Waals surface area contributed by atoms with Crippen LogP contribution in [0.4, 0.5) is 0 Å². The second kappa shape index (κ2) is 14.9. The molecule has 0 N–H and O–H groups in total. The summed E-state index contributed by atoms with van der Waals surface area (Å²) in [6.07, 6.45) is 0. The molecule has 14 rings (SSSR count). The molecule has 0 aliphatic rings. The second-order valence-corrected chi connectivity index (χ2v) is 18.2. The highest BCUT2D eigenvalue weighted by molar-refractivity contribution is 7.26. The minimum atomic E-state index is 0.636. The van der Waals surface area contributed by atoms with Crippen LogP contribution < -0.4 is 0 Å². The molecule has 0 atom stereocenters. The second-order valence-electron chi connectivity index (χ2n) is 17.1. The fourth-order valence-electron chi connectivity index (χ4n) is 10.5. The zero-order valence-corrected chi connectivity index (χ0v) is 36.8. The Hall–Kier alpha value is -8.71. The SMILES string of the molecule is c1ccc(-c2nc(-c3cccc4sc5cc(-n6c7ccccc7c7cc(-c8ccccc8)c8ccccc8c76)ccc5c34)nc(-c3cccc4c3c3ccccc3n4-c3ccccc3)n2)cc1. The van der Waals surface area contributed by atoms with Crippen LogP contribution in [0.25, 0.3) is 131 Å². The van der Waals surface area contributed by atoms with Crippen molar-refractivity contribution in [3.63, 3.8) is 0 Å². The third kappa shape index (κ3) is 5.83. The lowest BCUT2D eigenvalue weighted by Crippen LogP contribution is -2.01. The van der Waals surface area contributed by atoms with Gasteiger partial charge in [0, 0.05) is 75.2 Å². The summed E-state index contributed by atoms with van der Waals surface area (Å²) >= 11 is 1.81. The fourth-order valence-corrected chi connectivity index (χ4v) is 11.6. The van der Waals surface area contributed by atoms with Crippen molar-refractivity contribution in [2.24, 2.45) is 0 Å². The van der Waals surface area contributed by atoms with Gasteiger partial charge in [-0.1, -0.05) is 170 Å². The molecule has 0 amide bonds. The molecule has 10 aromatic carbocycles. The lowest BCUT2D eigenvalue weighted by atomic mass is 9.95. The minimum Gasteiger partial charge on any atom is -0.309 e. The lowest BCUT2D eigenvalue weighted by Gasteiger charge is -2.13. The molecule has 14 aromatic rings. The van der Waals surface area contributed by atoms with Gasteiger partial charge in [-0.25, -0.2) is 15.0 Å². The number of hydrogen-bond acceptors (Lipinski definition) is 4. The maximum absolute atomic E-state index is 5.43. The topological polar surface area (TPSA) is 48.5 Å². The Bertz CT molecular complexity index is 4260. The molecule has 0 aliphatic carbocycles. The standard InChI is InChI=1S/C61H37N5S/c1-4-18-38(19-5-1)49-37-50-43-25-12-14-30-51(43)66(58(50)44-26-11-10-24-42(44)49)41-34-35-46-55(36-41)67-54-33-17-29-48(57(46)54)61-63-59(39-20-6-2-7-21-39)62-60(64-61)47-28-16-32-53-56(47)45-27-13-15-31-52(45)65(53)40-22-8-3-9-23-40/h1-37H. The number of nitrogens with zero attached hydrogens (tertiary/aromatic N) is 5. The van der Waals surface area contributed by atoms with Gasteiger partial charge >= 0.3 is 0 Å². The summed E-state index contributed by atoms with van der Waals surface area (Å²) in [5, 5.41) is 9.52. The van der Waals surface area contributed by atoms with E-state index in [9.17, 15) is 0 Å². The van der Waals surface area contributed by atoms with Crippen LogP contribution in [-0.2, 0) is 0 Å². The molecule has 67 heavy (non-hydrogen) atoms. The monoisotopic (exact) mass is 871 g/mol. The Kier molecular flexibility index (Phi) is 8.38. The Balaban J connectivity index is 0.981. The number of aromatic nitrogens is 5. The average Bonchev–Trinajstić information content (AvgIpc) is 4.07. The highest BCUT2D eigenvalue weighted by atomic mass is 32.1. The summed E-state index contributed by atoms with van der Waals surface area (Å²) in [5.41, 5.74) is 12.2. The van der Waals surface area contributed by atoms with E-state index in [1.165, 1.54) is 58.5 Å². The van der Waals surface area contributed by atoms with E-state index in [4.69, 9.17) is 15.0 Å². The van der Waals surface area contributed by atoms with Crippen molar-refractivity contribution in [1.82, 2.24) is 24.1 Å². The molecule has 4 aromatic heterocycles. The summed E-state index contributed by atoms with van der Waals surface area (Å²) in [4.78, 5) is 16.0. The largest absolute Gasteiger partial charge is 0.309 e. The highest BCUT2D eigenvalue weighted by Gasteiger charge is 2.23. The van der Waals surface area contributed by atoms with Gasteiger partial charge in [0.15, 0.2) is 17.5 Å². The quantitative estimate of drug-likeness (QED) is 0.167. The summed E-state index contributed by atoms with van der Waals surface area (Å²) < 4.78 is 7.19. The number of rotatable bonds is 6. The smallest absolute Gasteiger partial charge is 0.164 e. The lowest BCUT2D eigenvalue weighted by molar-refractivity contribution is 1.08. The van der Waals surface area contributed by atoms with E-state index in [0.29, 0.717) is 17.5 Å². The zero-order chi connectivity index (χ0) is 44.0. The maximum Gasteiger partial charge on any atom is 0.164 e. The van der Waals surface area contributed by atoms with Crippen LogP contribution in [-0.4, -0.2) is 24.1 Å². The highest BCUT2D eigenvalue weighted by Crippen LogP contribution is 2.45. The van der Waals surface area contributed by atoms with Crippen molar-refractivity contribution in [1.29, 1.82) is 0 Å². The van der Waals surface area contributed by atoms with E-state index in [2.05, 4.69) is 215 Å². The van der Waals surface area contributed by atoms with Crippen molar-refractivity contribution in [2.45, 2.75) is 0 Å². The number of hydrogen-bond donors (Lipinski definition) is 0. The average molecular weight is 872 g/mol. The summed E-state index contributed by atoms with van der Waals surface area (Å²) in [5.74, 6) is 1.92. The predicted molar refractivity (Wildman–Crippen MR) is 281 cm³/mol. The van der Waals surface area contributed by atoms with E-state index in [1.54, 1.807) is 0 Å². The molecule has 0 fully saturated rings. The first-order chi connectivity index (χ1) is 33.2. The number of para-hydroxylation sites is 3. The van der Waals surface area contributed by atoms with Crippen LogP contribution in [0.1, 0.15) is 0 Å². The van der Waals surface area contributed by atoms with Crippen molar-refractivity contribution >= 4 is 85.9 Å². The first-order valence-corrected chi connectivity index (χ1v) is 23.4. The van der Waals surface area contributed by atoms with Gasteiger partial charge in [0.05, 0.1) is 22.1 Å².